The number of methoxy groups -OCH3 is 2. The Morgan fingerprint density at radius 3 is 1.54 bits per heavy atom. The van der Waals surface area contributed by atoms with Crippen LogP contribution in [0.15, 0.2) is 107 Å². The molecule has 0 radical (unpaired) electrons. The van der Waals surface area contributed by atoms with E-state index in [9.17, 15) is 48.6 Å². The maximum Gasteiger partial charge on any atom is 0.271 e. The predicted molar refractivity (Wildman–Crippen MR) is 495 cm³/mol. The van der Waals surface area contributed by atoms with E-state index in [1.807, 2.05) is 52.0 Å². The molecule has 13 aromatic rings. The molecule has 13 heterocycles. The van der Waals surface area contributed by atoms with Gasteiger partial charge in [-0.25, -0.2) is 49.8 Å². The van der Waals surface area contributed by atoms with Gasteiger partial charge in [-0.1, -0.05) is 76.0 Å². The van der Waals surface area contributed by atoms with Gasteiger partial charge in [0.05, 0.1) is 78.6 Å². The lowest BCUT2D eigenvalue weighted by Gasteiger charge is -2.10. The Hall–Kier alpha value is -13.2. The highest BCUT2D eigenvalue weighted by molar-refractivity contribution is 7.20. The van der Waals surface area contributed by atoms with Crippen LogP contribution in [0.3, 0.4) is 0 Å². The number of nitrogens with two attached hydrogens (primary N) is 4. The number of hydrogen-bond donors (Lipinski definition) is 18. The summed E-state index contributed by atoms with van der Waals surface area (Å²) >= 11 is 14.2. The van der Waals surface area contributed by atoms with E-state index >= 15 is 0 Å². The average molecular weight is 1910 g/mol. The quantitative estimate of drug-likeness (QED) is 0.0113. The molecule has 3 unspecified atom stereocenters. The summed E-state index contributed by atoms with van der Waals surface area (Å²) < 4.78 is 26.3. The van der Waals surface area contributed by atoms with E-state index < -0.39 is 34.7 Å². The maximum atomic E-state index is 12.8. The third-order valence-electron chi connectivity index (χ3n) is 17.3. The lowest BCUT2D eigenvalue weighted by Crippen LogP contribution is -2.25. The largest absolute Gasteiger partial charge is 0.492 e. The summed E-state index contributed by atoms with van der Waals surface area (Å²) in [6, 6.07) is 7.12. The number of amides is 4. The number of anilines is 12. The van der Waals surface area contributed by atoms with Crippen LogP contribution in [0.25, 0.3) is 10.9 Å². The van der Waals surface area contributed by atoms with Gasteiger partial charge >= 0.3 is 0 Å². The summed E-state index contributed by atoms with van der Waals surface area (Å²) in [4.78, 5) is 166. The molecule has 22 N–H and O–H groups in total. The topological polar surface area (TPSA) is 672 Å². The third kappa shape index (κ3) is 24.7. The van der Waals surface area contributed by atoms with E-state index in [2.05, 4.69) is 140 Å². The summed E-state index contributed by atoms with van der Waals surface area (Å²) in [6.07, 6.45) is 12.4. The van der Waals surface area contributed by atoms with Gasteiger partial charge < -0.3 is 89.9 Å². The van der Waals surface area contributed by atoms with Gasteiger partial charge in [0.15, 0.2) is 35.4 Å². The second-order valence-electron chi connectivity index (χ2n) is 26.8. The summed E-state index contributed by atoms with van der Waals surface area (Å²) in [5.74, 6) is -1.65. The van der Waals surface area contributed by atoms with E-state index in [0.717, 1.165) is 127 Å². The molecule has 1 aromatic carbocycles. The van der Waals surface area contributed by atoms with Gasteiger partial charge in [0.25, 0.3) is 45.9 Å². The molecule has 4 amide bonds. The zero-order valence-electron chi connectivity index (χ0n) is 68.6. The van der Waals surface area contributed by atoms with Crippen molar-refractivity contribution in [2.45, 2.75) is 98.9 Å². The number of nitrogens with zero attached hydrogens (tertiary/aromatic N) is 16. The summed E-state index contributed by atoms with van der Waals surface area (Å²) in [5, 5.41) is 46.8. The van der Waals surface area contributed by atoms with Crippen molar-refractivity contribution in [1.29, 1.82) is 0 Å². The number of benzene rings is 1. The highest BCUT2D eigenvalue weighted by atomic mass is 35.5. The fourth-order valence-electron chi connectivity index (χ4n) is 11.1. The number of carbonyl (C=O) groups excluding carboxylic acids is 4. The van der Waals surface area contributed by atoms with Crippen LogP contribution in [-0.4, -0.2) is 199 Å². The van der Waals surface area contributed by atoms with Crippen LogP contribution in [-0.2, 0) is 14.2 Å². The Bertz CT molecular complexity index is 6260. The first-order chi connectivity index (χ1) is 60.9. The first-order valence-corrected chi connectivity index (χ1v) is 44.4. The Labute approximate surface area is 755 Å². The number of ether oxygens (including phenoxy) is 3. The van der Waals surface area contributed by atoms with Gasteiger partial charge in [0.2, 0.25) is 11.8 Å². The zero-order valence-corrected chi connectivity index (χ0v) is 75.9. The standard InChI is InChI=1S/C20H20N8O3S2.C19H22N8O4S2.C18H21ClN8O4S2.C16H18N8O2S2/c1-10(8-31-2)25-15(21)14-18(30)28-33-19(14)27-20-22-7-13(32-20)17(29)26-16-11-5-3-4-6-12(11)23-9-24-16;1-8-12(9(2)23-7-22-8)24-16(29)13-17(30)25-19(32-13)26-18-11(15(28)27-33-18)14(20)21-6-10-4-3-5-31-10;1-4-8(31-3)5-21-13(20)9-14(28)27-33-17(9)26-18-25-16(30)11(32-18)15(29)24-10-7(2)22-6-23-12(10)19;1-7(2)21-11(17)10-14(26)24-28-15(10)23-16-19-5-9(27-16)13(25)22-12-8(3)4-18-6-20-12/h3-7,9-10H,8H2,1-2H3,(H2,21,25)(H,22,27)(H,28,30)(H,23,24,26,29);7,10,30H,3-6H2,1-2H3,(H2,20,21)(H,24,29)(H,25,26)(H,27,28);6,8,30H,4-5H2,1-3H3,(H2,20,21)(H,24,29)(H,25,26)(H,27,28);4-7H,1-3H3,(H2,17,21)(H,19,23)(H,24,26)(H,18,20,22,25). The molecule has 666 valence electrons. The fourth-order valence-corrected chi connectivity index (χ4v) is 17.5. The van der Waals surface area contributed by atoms with E-state index in [1.54, 1.807) is 48.1 Å². The summed E-state index contributed by atoms with van der Waals surface area (Å²) in [6.45, 7) is 16.2. The molecule has 14 rings (SSSR count). The number of aromatic nitrogens is 16. The van der Waals surface area contributed by atoms with E-state index in [4.69, 9.17) is 48.7 Å². The molecule has 1 aliphatic heterocycles. The van der Waals surface area contributed by atoms with Gasteiger partial charge in [0, 0.05) is 44.0 Å². The number of halogens is 1. The number of aryl methyl sites for hydroxylation is 4. The second kappa shape index (κ2) is 44.1. The molecule has 1 fully saturated rings. The zero-order chi connectivity index (χ0) is 91.3. The van der Waals surface area contributed by atoms with Crippen LogP contribution >= 0.6 is 103 Å². The minimum atomic E-state index is -0.647. The monoisotopic (exact) mass is 1900 g/mol. The molecule has 0 aliphatic carbocycles. The normalized spacial score (nSPS) is 13.3. The molecular formula is C73H81ClN32O13S8. The molecule has 1 saturated heterocycles. The second-order valence-corrected chi connectivity index (χ2v) is 34.5. The van der Waals surface area contributed by atoms with E-state index in [-0.39, 0.29) is 124 Å². The number of aliphatic imine (C=N–C) groups is 4. The van der Waals surface area contributed by atoms with Gasteiger partial charge in [0.1, 0.15) is 118 Å². The Kier molecular flexibility index (Phi) is 32.8. The number of amidine groups is 4. The van der Waals surface area contributed by atoms with E-state index in [1.165, 1.54) is 37.7 Å². The number of H-pyrrole nitrogens is 4. The SMILES string of the molecule is CCC(CN=C(N)c1c(Nc2nc(O)c(C(=O)Nc3c(C)ncnc3Cl)s2)s[nH]c1=O)OC.COCC(C)N=C(N)c1c(Nc2ncc(C(=O)Nc3ncnc4ccccc34)s2)s[nH]c1=O.Cc1cncnc1NC(=O)c1cnc(Nc2s[nH]c(=O)c2C(N)=NC(C)C)s1.Cc1ncnc(C)c1NC(=O)c1sc(Nc2s[nH]c(=O)c2C(N)=NCC2CCCO2)nc1O. The number of nitrogens with one attached hydrogen (secondary N) is 12. The highest BCUT2D eigenvalue weighted by Crippen LogP contribution is 2.37. The highest BCUT2D eigenvalue weighted by Gasteiger charge is 2.28. The van der Waals surface area contributed by atoms with Crippen molar-refractivity contribution in [2.75, 3.05) is 83.1 Å². The first kappa shape index (κ1) is 94.4. The summed E-state index contributed by atoms with van der Waals surface area (Å²) in [5.41, 5.74) is 27.2. The van der Waals surface area contributed by atoms with Crippen molar-refractivity contribution in [1.82, 2.24) is 77.3 Å². The van der Waals surface area contributed by atoms with Crippen molar-refractivity contribution >= 4 is 224 Å². The van der Waals surface area contributed by atoms with Gasteiger partial charge in [-0.2, -0.15) is 9.97 Å². The Morgan fingerprint density at radius 2 is 1.04 bits per heavy atom. The first-order valence-electron chi connectivity index (χ1n) is 37.5. The Balaban J connectivity index is 0.000000165. The minimum absolute atomic E-state index is 0.00283. The number of aromatic amines is 4. The fraction of sp³-hybridized carbons (Fsp3) is 0.288. The molecule has 0 bridgehead atoms. The number of thiazole rings is 4. The van der Waals surface area contributed by atoms with Gasteiger partial charge in [-0.15, -0.1) is 0 Å². The van der Waals surface area contributed by atoms with Crippen molar-refractivity contribution < 1.29 is 43.6 Å². The molecule has 54 heteroatoms. The number of hydrogen-bond acceptors (Lipinski definition) is 41. The van der Waals surface area contributed by atoms with Crippen LogP contribution < -0.4 is 87.7 Å². The van der Waals surface area contributed by atoms with Crippen molar-refractivity contribution in [3.05, 3.63) is 179 Å². The molecule has 12 aromatic heterocycles. The summed E-state index contributed by atoms with van der Waals surface area (Å²) in [7, 11) is 3.14. The third-order valence-corrected chi connectivity index (χ3v) is 24.5. The molecule has 0 spiro atoms. The molecule has 3 atom stereocenters. The van der Waals surface area contributed by atoms with Crippen LogP contribution in [0.2, 0.25) is 5.15 Å². The number of carbonyl (C=O) groups is 4. The average Bonchev–Trinajstić information content (AvgIpc) is 1.73. The number of rotatable bonds is 30. The van der Waals surface area contributed by atoms with Crippen LogP contribution in [0.1, 0.15) is 131 Å². The number of aromatic hydroxyl groups is 2. The molecular weight excluding hydrogens is 1830 g/mol. The molecule has 127 heavy (non-hydrogen) atoms. The number of para-hydroxylation sites is 1. The van der Waals surface area contributed by atoms with Crippen LogP contribution in [0.4, 0.5) is 63.5 Å². The molecule has 45 nitrogen and oxygen atoms in total. The smallest absolute Gasteiger partial charge is 0.271 e. The van der Waals surface area contributed by atoms with Crippen molar-refractivity contribution in [3.8, 4) is 11.8 Å². The Morgan fingerprint density at radius 1 is 0.567 bits per heavy atom. The van der Waals surface area contributed by atoms with Crippen molar-refractivity contribution in [3.63, 3.8) is 0 Å². The van der Waals surface area contributed by atoms with Crippen LogP contribution in [0, 0.1) is 27.7 Å². The lowest BCUT2D eigenvalue weighted by atomic mass is 10.2. The van der Waals surface area contributed by atoms with Gasteiger partial charge in [-0.05, 0) is 126 Å². The maximum absolute atomic E-state index is 12.8. The van der Waals surface area contributed by atoms with Crippen molar-refractivity contribution in [2.24, 2.45) is 42.9 Å². The predicted octanol–water partition coefficient (Wildman–Crippen LogP) is 9.04. The van der Waals surface area contributed by atoms with Crippen LogP contribution in [0.5, 0.6) is 11.8 Å². The lowest BCUT2D eigenvalue weighted by molar-refractivity contribution is 0.101. The minimum Gasteiger partial charge on any atom is -0.492 e. The van der Waals surface area contributed by atoms with E-state index in [0.29, 0.717) is 101 Å². The molecule has 0 saturated carbocycles. The molecule has 1 aliphatic rings. The van der Waals surface area contributed by atoms with Gasteiger partial charge in [-0.3, -0.25) is 75.8 Å². The number of fused-ring (bicyclic) bond motifs is 1.